The molecule has 0 amide bonds. The lowest BCUT2D eigenvalue weighted by molar-refractivity contribution is 0.314. The van der Waals surface area contributed by atoms with E-state index < -0.39 is 17.7 Å². The molecule has 0 aromatic rings. The van der Waals surface area contributed by atoms with Gasteiger partial charge in [0.1, 0.15) is 0 Å². The van der Waals surface area contributed by atoms with Crippen molar-refractivity contribution in [2.24, 2.45) is 0 Å². The summed E-state index contributed by atoms with van der Waals surface area (Å²) in [6.07, 6.45) is 14.9. The fourth-order valence-corrected chi connectivity index (χ4v) is 6.87. The smallest absolute Gasteiger partial charge is 0.217 e. The molecule has 0 radical (unpaired) electrons. The third-order valence-electron chi connectivity index (χ3n) is 3.83. The van der Waals surface area contributed by atoms with Gasteiger partial charge in [0, 0.05) is 7.26 Å². The molecule has 0 atom stereocenters. The van der Waals surface area contributed by atoms with Crippen molar-refractivity contribution in [2.75, 3.05) is 31.8 Å². The zero-order valence-corrected chi connectivity index (χ0v) is 16.3. The Balaban J connectivity index is 0. The van der Waals surface area contributed by atoms with Gasteiger partial charge in [0.05, 0.1) is 31.8 Å². The molecular formula is C15H35O4PS. The SMILES string of the molecule is CCCC[P+](CC)(CCCC)CCCC.COS(=O)(=O)[O-]. The van der Waals surface area contributed by atoms with Gasteiger partial charge >= 0.3 is 0 Å². The van der Waals surface area contributed by atoms with E-state index in [2.05, 4.69) is 31.9 Å². The first-order valence-corrected chi connectivity index (χ1v) is 12.0. The van der Waals surface area contributed by atoms with E-state index in [4.69, 9.17) is 0 Å². The predicted molar refractivity (Wildman–Crippen MR) is 93.5 cm³/mol. The highest BCUT2D eigenvalue weighted by molar-refractivity contribution is 7.80. The maximum Gasteiger partial charge on any atom is 0.217 e. The minimum atomic E-state index is -4.41. The van der Waals surface area contributed by atoms with E-state index in [-0.39, 0.29) is 0 Å². The zero-order valence-electron chi connectivity index (χ0n) is 14.6. The molecule has 0 aliphatic rings. The van der Waals surface area contributed by atoms with Crippen LogP contribution < -0.4 is 0 Å². The fourth-order valence-electron chi connectivity index (χ4n) is 2.29. The minimum Gasteiger partial charge on any atom is -0.726 e. The third kappa shape index (κ3) is 15.0. The van der Waals surface area contributed by atoms with Crippen molar-refractivity contribution >= 4 is 17.7 Å². The van der Waals surface area contributed by atoms with E-state index in [1.54, 1.807) is 18.5 Å². The van der Waals surface area contributed by atoms with E-state index >= 15 is 0 Å². The molecule has 0 fully saturated rings. The first kappa shape index (κ1) is 23.6. The number of unbranched alkanes of at least 4 members (excludes halogenated alkanes) is 3. The quantitative estimate of drug-likeness (QED) is 0.314. The number of rotatable bonds is 11. The van der Waals surface area contributed by atoms with Crippen LogP contribution in [0.2, 0.25) is 0 Å². The first-order chi connectivity index (χ1) is 9.80. The second-order valence-electron chi connectivity index (χ2n) is 5.46. The molecule has 0 heterocycles. The maximum absolute atomic E-state index is 9.22. The van der Waals surface area contributed by atoms with Crippen LogP contribution in [0, 0.1) is 0 Å². The molecule has 0 bridgehead atoms. The Morgan fingerprint density at radius 3 is 1.29 bits per heavy atom. The zero-order chi connectivity index (χ0) is 16.8. The van der Waals surface area contributed by atoms with Crippen LogP contribution in [-0.4, -0.2) is 44.7 Å². The van der Waals surface area contributed by atoms with Crippen LogP contribution in [0.15, 0.2) is 0 Å². The Kier molecular flexibility index (Phi) is 15.6. The van der Waals surface area contributed by atoms with Crippen LogP contribution in [-0.2, 0) is 14.6 Å². The highest BCUT2D eigenvalue weighted by Crippen LogP contribution is 2.60. The lowest BCUT2D eigenvalue weighted by Crippen LogP contribution is -2.11. The van der Waals surface area contributed by atoms with Crippen molar-refractivity contribution in [2.45, 2.75) is 66.2 Å². The van der Waals surface area contributed by atoms with Crippen LogP contribution >= 0.6 is 7.26 Å². The molecular weight excluding hydrogens is 307 g/mol. The molecule has 0 aliphatic carbocycles. The molecule has 130 valence electrons. The maximum atomic E-state index is 9.22. The summed E-state index contributed by atoms with van der Waals surface area (Å²) in [6.45, 7) is 9.46. The van der Waals surface area contributed by atoms with Crippen molar-refractivity contribution in [3.8, 4) is 0 Å². The van der Waals surface area contributed by atoms with Gasteiger partial charge in [0.25, 0.3) is 0 Å². The summed E-state index contributed by atoms with van der Waals surface area (Å²) in [6, 6.07) is 0. The minimum absolute atomic E-state index is 0.527. The molecule has 0 aliphatic heterocycles. The van der Waals surface area contributed by atoms with E-state index in [9.17, 15) is 13.0 Å². The third-order valence-corrected chi connectivity index (χ3v) is 9.38. The monoisotopic (exact) mass is 342 g/mol. The van der Waals surface area contributed by atoms with Gasteiger partial charge in [0.15, 0.2) is 0 Å². The lowest BCUT2D eigenvalue weighted by atomic mass is 10.4. The van der Waals surface area contributed by atoms with Gasteiger partial charge in [-0.3, -0.25) is 4.18 Å². The summed E-state index contributed by atoms with van der Waals surface area (Å²) in [5.41, 5.74) is 0. The van der Waals surface area contributed by atoms with E-state index in [1.165, 1.54) is 44.7 Å². The Morgan fingerprint density at radius 1 is 0.857 bits per heavy atom. The topological polar surface area (TPSA) is 66.4 Å². The molecule has 0 saturated carbocycles. The normalized spacial score (nSPS) is 11.9. The van der Waals surface area contributed by atoms with Gasteiger partial charge in [-0.1, -0.05) is 40.0 Å². The van der Waals surface area contributed by atoms with Gasteiger partial charge < -0.3 is 4.55 Å². The van der Waals surface area contributed by atoms with Crippen LogP contribution in [0.1, 0.15) is 66.2 Å². The van der Waals surface area contributed by atoms with E-state index in [0.29, 0.717) is 0 Å². The molecule has 0 saturated heterocycles. The molecule has 0 N–H and O–H groups in total. The lowest BCUT2D eigenvalue weighted by Gasteiger charge is -2.26. The summed E-state index contributed by atoms with van der Waals surface area (Å²) in [7, 11) is -4.13. The molecule has 21 heavy (non-hydrogen) atoms. The van der Waals surface area contributed by atoms with E-state index in [0.717, 1.165) is 7.11 Å². The van der Waals surface area contributed by atoms with Crippen LogP contribution in [0.25, 0.3) is 0 Å². The standard InChI is InChI=1S/C14H32P.CH4O4S/c1-5-9-12-15(8-4,13-10-6-2)14-11-7-3;1-5-6(2,3)4/h5-14H2,1-4H3;1H3,(H,2,3,4)/q+1;/p-1. The molecule has 6 heteroatoms. The van der Waals surface area contributed by atoms with Crippen LogP contribution in [0.4, 0.5) is 0 Å². The summed E-state index contributed by atoms with van der Waals surface area (Å²) >= 11 is 0. The molecule has 0 aromatic carbocycles. The first-order valence-electron chi connectivity index (χ1n) is 8.17. The van der Waals surface area contributed by atoms with Crippen molar-refractivity contribution in [3.05, 3.63) is 0 Å². The highest BCUT2D eigenvalue weighted by atomic mass is 32.3. The Bertz CT molecular complexity index is 296. The van der Waals surface area contributed by atoms with E-state index in [1.807, 2.05) is 0 Å². The highest BCUT2D eigenvalue weighted by Gasteiger charge is 2.32. The largest absolute Gasteiger partial charge is 0.726 e. The van der Waals surface area contributed by atoms with Crippen molar-refractivity contribution in [1.29, 1.82) is 0 Å². The van der Waals surface area contributed by atoms with Crippen molar-refractivity contribution in [3.63, 3.8) is 0 Å². The summed E-state index contributed by atoms with van der Waals surface area (Å²) < 4.78 is 31.0. The Labute approximate surface area is 133 Å². The Morgan fingerprint density at radius 2 is 1.14 bits per heavy atom. The fraction of sp³-hybridized carbons (Fsp3) is 1.00. The Hall–Kier alpha value is 0.300. The van der Waals surface area contributed by atoms with Gasteiger partial charge in [-0.25, -0.2) is 8.42 Å². The molecule has 4 nitrogen and oxygen atoms in total. The summed E-state index contributed by atoms with van der Waals surface area (Å²) in [5, 5.41) is 0. The van der Waals surface area contributed by atoms with Gasteiger partial charge in [-0.2, -0.15) is 0 Å². The van der Waals surface area contributed by atoms with Gasteiger partial charge in [-0.05, 0) is 26.2 Å². The number of hydrogen-bond acceptors (Lipinski definition) is 4. The second-order valence-corrected chi connectivity index (χ2v) is 11.3. The molecule has 0 unspecified atom stereocenters. The van der Waals surface area contributed by atoms with Gasteiger partial charge in [0.2, 0.25) is 10.4 Å². The number of hydrogen-bond donors (Lipinski definition) is 0. The summed E-state index contributed by atoms with van der Waals surface area (Å²) in [4.78, 5) is 0. The predicted octanol–water partition coefficient (Wildman–Crippen LogP) is 4.52. The van der Waals surface area contributed by atoms with Gasteiger partial charge in [-0.15, -0.1) is 0 Å². The second kappa shape index (κ2) is 13.9. The van der Waals surface area contributed by atoms with Crippen LogP contribution in [0.5, 0.6) is 0 Å². The molecule has 0 rings (SSSR count). The van der Waals surface area contributed by atoms with Crippen molar-refractivity contribution < 1.29 is 17.2 Å². The summed E-state index contributed by atoms with van der Waals surface area (Å²) in [5.74, 6) is 0. The molecule has 0 aromatic heterocycles. The molecule has 0 spiro atoms. The average Bonchev–Trinajstić information content (AvgIpc) is 2.47. The average molecular weight is 342 g/mol. The van der Waals surface area contributed by atoms with Crippen LogP contribution in [0.3, 0.4) is 0 Å². The van der Waals surface area contributed by atoms with Crippen molar-refractivity contribution in [1.82, 2.24) is 0 Å².